The molecule has 14 nitrogen and oxygen atoms in total. The Kier molecular flexibility index (Phi) is 10.9. The van der Waals surface area contributed by atoms with E-state index in [1.165, 1.54) is 11.1 Å². The lowest BCUT2D eigenvalue weighted by Crippen LogP contribution is -2.77. The number of ether oxygens (including phenoxy) is 1. The summed E-state index contributed by atoms with van der Waals surface area (Å²) in [6, 6.07) is 14.2. The number of benzene rings is 2. The lowest BCUT2D eigenvalue weighted by atomic mass is 9.48. The van der Waals surface area contributed by atoms with Crippen LogP contribution >= 0.6 is 11.6 Å². The molecule has 0 radical (unpaired) electrons. The van der Waals surface area contributed by atoms with Crippen LogP contribution in [0.4, 0.5) is 11.5 Å². The first-order chi connectivity index (χ1) is 28.6. The number of primary amides is 1. The van der Waals surface area contributed by atoms with E-state index < -0.39 is 52.6 Å². The molecule has 2 N–H and O–H groups in total. The minimum atomic E-state index is -1.11. The van der Waals surface area contributed by atoms with Crippen LogP contribution in [0.3, 0.4) is 0 Å². The van der Waals surface area contributed by atoms with Crippen LogP contribution in [0.2, 0.25) is 5.02 Å². The highest BCUT2D eigenvalue weighted by Crippen LogP contribution is 2.58. The van der Waals surface area contributed by atoms with Crippen molar-refractivity contribution in [3.05, 3.63) is 82.0 Å². The second kappa shape index (κ2) is 15.8. The maximum atomic E-state index is 14.4. The smallest absolute Gasteiger partial charge is 0.262 e. The van der Waals surface area contributed by atoms with Crippen LogP contribution in [0.25, 0.3) is 0 Å². The number of halogens is 1. The number of carbonyl (C=O) groups is 5. The van der Waals surface area contributed by atoms with Gasteiger partial charge in [-0.05, 0) is 80.6 Å². The van der Waals surface area contributed by atoms with Crippen molar-refractivity contribution < 1.29 is 28.7 Å². The van der Waals surface area contributed by atoms with Gasteiger partial charge in [-0.1, -0.05) is 39.3 Å². The number of fused-ring (bicyclic) bond motifs is 1. The third-order valence-corrected chi connectivity index (χ3v) is 13.8. The first-order valence-electron chi connectivity index (χ1n) is 20.8. The fourth-order valence-corrected chi connectivity index (χ4v) is 10.9. The SMILES string of the molecule is CC1(C)C(Oc2ccc(C#N)c(Cl)c2)C(C)(C)C1N1C(=O)CCC(N2C(=O)c3ccc(N4CCN(CCC5CCN(c6ccc(C(N)=O)cn6)CC5)CC4)cc3C2=O)C1=O. The van der Waals surface area contributed by atoms with Gasteiger partial charge in [0.2, 0.25) is 11.8 Å². The van der Waals surface area contributed by atoms with Gasteiger partial charge in [-0.2, -0.15) is 5.26 Å². The number of rotatable bonds is 10. The third-order valence-electron chi connectivity index (χ3n) is 13.5. The molecule has 3 aromatic rings. The second-order valence-corrected chi connectivity index (χ2v) is 18.4. The van der Waals surface area contributed by atoms with Crippen molar-refractivity contribution in [2.45, 2.75) is 78.0 Å². The number of likely N-dealkylation sites (tertiary alicyclic amines) is 1. The maximum Gasteiger partial charge on any atom is 0.262 e. The Labute approximate surface area is 355 Å². The lowest BCUT2D eigenvalue weighted by Gasteiger charge is -2.65. The van der Waals surface area contributed by atoms with Gasteiger partial charge in [-0.3, -0.25) is 38.7 Å². The Bertz CT molecular complexity index is 2260. The molecule has 8 rings (SSSR count). The molecule has 0 bridgehead atoms. The molecule has 60 heavy (non-hydrogen) atoms. The molecule has 0 spiro atoms. The highest BCUT2D eigenvalue weighted by atomic mass is 35.5. The Morgan fingerprint density at radius 1 is 0.867 bits per heavy atom. The summed E-state index contributed by atoms with van der Waals surface area (Å²) in [5, 5.41) is 9.55. The van der Waals surface area contributed by atoms with Gasteiger partial charge in [0.25, 0.3) is 17.7 Å². The van der Waals surface area contributed by atoms with E-state index in [1.54, 1.807) is 36.4 Å². The number of nitriles is 1. The largest absolute Gasteiger partial charge is 0.489 e. The average molecular weight is 835 g/mol. The molecule has 4 aliphatic heterocycles. The summed E-state index contributed by atoms with van der Waals surface area (Å²) in [7, 11) is 0. The molecule has 3 saturated heterocycles. The van der Waals surface area contributed by atoms with Gasteiger partial charge in [0.15, 0.2) is 0 Å². The second-order valence-electron chi connectivity index (χ2n) is 18.0. The Balaban J connectivity index is 0.866. The molecule has 5 amide bonds. The quantitative estimate of drug-likeness (QED) is 0.269. The summed E-state index contributed by atoms with van der Waals surface area (Å²) >= 11 is 6.28. The maximum absolute atomic E-state index is 14.4. The van der Waals surface area contributed by atoms with Crippen LogP contribution in [0.15, 0.2) is 54.7 Å². The average Bonchev–Trinajstić information content (AvgIpc) is 3.48. The van der Waals surface area contributed by atoms with Crippen LogP contribution < -0.4 is 20.3 Å². The molecule has 15 heteroatoms. The highest BCUT2D eigenvalue weighted by Gasteiger charge is 2.68. The van der Waals surface area contributed by atoms with E-state index in [4.69, 9.17) is 22.1 Å². The van der Waals surface area contributed by atoms with Crippen LogP contribution in [0, 0.1) is 28.1 Å². The highest BCUT2D eigenvalue weighted by molar-refractivity contribution is 6.31. The van der Waals surface area contributed by atoms with Crippen LogP contribution in [0.1, 0.15) is 96.4 Å². The zero-order valence-corrected chi connectivity index (χ0v) is 35.3. The molecule has 1 unspecified atom stereocenters. The van der Waals surface area contributed by atoms with Gasteiger partial charge in [-0.15, -0.1) is 0 Å². The molecule has 1 atom stereocenters. The Morgan fingerprint density at radius 2 is 1.57 bits per heavy atom. The van der Waals surface area contributed by atoms with Gasteiger partial charge in [0, 0.05) is 74.5 Å². The van der Waals surface area contributed by atoms with Crippen molar-refractivity contribution in [3.63, 3.8) is 0 Å². The van der Waals surface area contributed by atoms with E-state index >= 15 is 0 Å². The van der Waals surface area contributed by atoms with Crippen molar-refractivity contribution >= 4 is 52.6 Å². The van der Waals surface area contributed by atoms with Gasteiger partial charge in [0.1, 0.15) is 29.8 Å². The van der Waals surface area contributed by atoms with E-state index in [0.29, 0.717) is 22.8 Å². The fourth-order valence-electron chi connectivity index (χ4n) is 10.7. The van der Waals surface area contributed by atoms with E-state index in [2.05, 4.69) is 19.7 Å². The molecular weight excluding hydrogens is 784 g/mol. The molecular formula is C45H51ClN8O6. The molecule has 2 aromatic carbocycles. The summed E-state index contributed by atoms with van der Waals surface area (Å²) in [5.74, 6) is -0.429. The van der Waals surface area contributed by atoms with Crippen molar-refractivity contribution in [3.8, 4) is 11.8 Å². The van der Waals surface area contributed by atoms with Gasteiger partial charge in [-0.25, -0.2) is 4.98 Å². The number of amides is 5. The van der Waals surface area contributed by atoms with Gasteiger partial charge >= 0.3 is 0 Å². The standard InChI is InChI=1S/C45H51ClN8O6/c1-44(2)42(45(3,4)43(44)60-31-8-5-28(25-47)34(46)24-31)54-37(55)12-10-35(41(54)59)53-39(57)32-9-7-30(23-33(32)40(53)58)51-21-19-50(20-22-51)16-13-27-14-17-52(18-15-27)36-11-6-29(26-49-36)38(48)56/h5-9,11,23-24,26-27,35,42-43H,10,12-22H2,1-4H3,(H2,48,56). The van der Waals surface area contributed by atoms with Crippen LogP contribution in [-0.4, -0.2) is 113 Å². The topological polar surface area (TPSA) is 173 Å². The number of piperidine rings is 2. The van der Waals surface area contributed by atoms with Crippen LogP contribution in [0.5, 0.6) is 5.75 Å². The Hall–Kier alpha value is -5.52. The molecule has 314 valence electrons. The number of anilines is 2. The summed E-state index contributed by atoms with van der Waals surface area (Å²) in [4.78, 5) is 81.1. The number of pyridine rings is 1. The summed E-state index contributed by atoms with van der Waals surface area (Å²) in [6.45, 7) is 13.9. The van der Waals surface area contributed by atoms with E-state index in [1.807, 2.05) is 45.9 Å². The summed E-state index contributed by atoms with van der Waals surface area (Å²) < 4.78 is 6.40. The zero-order valence-electron chi connectivity index (χ0n) is 34.5. The summed E-state index contributed by atoms with van der Waals surface area (Å²) in [5.41, 5.74) is 6.11. The van der Waals surface area contributed by atoms with E-state index in [-0.39, 0.29) is 34.9 Å². The lowest BCUT2D eigenvalue weighted by molar-refractivity contribution is -0.216. The number of carbonyl (C=O) groups excluding carboxylic acids is 5. The molecule has 5 heterocycles. The fraction of sp³-hybridized carbons (Fsp3) is 0.489. The van der Waals surface area contributed by atoms with Crippen LogP contribution in [-0.2, 0) is 9.59 Å². The van der Waals surface area contributed by atoms with Gasteiger partial charge < -0.3 is 20.3 Å². The first-order valence-corrected chi connectivity index (χ1v) is 21.2. The number of aromatic nitrogens is 1. The van der Waals surface area contributed by atoms with Crippen molar-refractivity contribution in [2.24, 2.45) is 22.5 Å². The minimum absolute atomic E-state index is 0.0173. The predicted octanol–water partition coefficient (Wildman–Crippen LogP) is 5.13. The van der Waals surface area contributed by atoms with E-state index in [0.717, 1.165) is 81.5 Å². The van der Waals surface area contributed by atoms with Crippen molar-refractivity contribution in [1.82, 2.24) is 19.7 Å². The molecule has 1 aliphatic carbocycles. The number of hydrogen-bond acceptors (Lipinski definition) is 11. The molecule has 1 saturated carbocycles. The molecule has 4 fully saturated rings. The molecule has 1 aromatic heterocycles. The number of imide groups is 2. The Morgan fingerprint density at radius 3 is 2.20 bits per heavy atom. The number of piperazine rings is 1. The first kappa shape index (κ1) is 41.2. The number of nitrogens with two attached hydrogens (primary N) is 1. The monoisotopic (exact) mass is 834 g/mol. The van der Waals surface area contributed by atoms with E-state index in [9.17, 15) is 29.2 Å². The van der Waals surface area contributed by atoms with Gasteiger partial charge in [0.05, 0.1) is 33.3 Å². The van der Waals surface area contributed by atoms with Crippen molar-refractivity contribution in [1.29, 1.82) is 5.26 Å². The van der Waals surface area contributed by atoms with Crippen molar-refractivity contribution in [2.75, 3.05) is 55.6 Å². The normalized spacial score (nSPS) is 24.3. The summed E-state index contributed by atoms with van der Waals surface area (Å²) in [6.07, 6.45) is 4.48. The third kappa shape index (κ3) is 7.25. The number of nitrogens with zero attached hydrogens (tertiary/aromatic N) is 7. The zero-order chi connectivity index (χ0) is 42.7. The minimum Gasteiger partial charge on any atom is -0.489 e. The predicted molar refractivity (Wildman–Crippen MR) is 225 cm³/mol. The number of hydrogen-bond donors (Lipinski definition) is 1. The molecule has 5 aliphatic rings.